The van der Waals surface area contributed by atoms with Gasteiger partial charge in [0.25, 0.3) is 0 Å². The summed E-state index contributed by atoms with van der Waals surface area (Å²) in [6.45, 7) is 0. The molecule has 60 heavy (non-hydrogen) atoms. The van der Waals surface area contributed by atoms with Crippen LogP contribution in [0.2, 0.25) is 0 Å². The van der Waals surface area contributed by atoms with Gasteiger partial charge in [-0.15, -0.1) is 0 Å². The number of methoxy groups -OCH3 is 2. The van der Waals surface area contributed by atoms with Gasteiger partial charge in [-0.05, 0) is 135 Å². The molecule has 0 amide bonds. The van der Waals surface area contributed by atoms with Crippen LogP contribution in [0.1, 0.15) is 0 Å². The van der Waals surface area contributed by atoms with E-state index in [1.54, 1.807) is 14.2 Å². The Morgan fingerprint density at radius 3 is 1.05 bits per heavy atom. The van der Waals surface area contributed by atoms with Crippen molar-refractivity contribution in [3.05, 3.63) is 176 Å². The summed E-state index contributed by atoms with van der Waals surface area (Å²) in [5, 5.41) is 15.0. The molecule has 11 aromatic carbocycles. The molecular formula is C55H35N3O2. The van der Waals surface area contributed by atoms with Crippen molar-refractivity contribution in [3.8, 4) is 67.9 Å². The molecule has 12 rings (SSSR count). The molecule has 0 radical (unpaired) electrons. The molecule has 0 aliphatic rings. The van der Waals surface area contributed by atoms with E-state index in [-0.39, 0.29) is 0 Å². The van der Waals surface area contributed by atoms with Crippen LogP contribution in [-0.4, -0.2) is 29.2 Å². The molecule has 12 aromatic rings. The van der Waals surface area contributed by atoms with Gasteiger partial charge in [0, 0.05) is 5.56 Å². The SMILES string of the molecule is COc1ccc(-c2cc3ccc4cccc5ccc(c2)c3c45)cc1-c1nc(-c2ccccc2)nc(-c2cc(-c3cc4ccc5cccc6ccc(c3)c4c56)ccc2OC)n1. The number of aromatic nitrogens is 3. The lowest BCUT2D eigenvalue weighted by Crippen LogP contribution is -2.02. The molecule has 0 unspecified atom stereocenters. The summed E-state index contributed by atoms with van der Waals surface area (Å²) in [6, 6.07) is 62.5. The number of nitrogens with zero attached hydrogens (tertiary/aromatic N) is 3. The molecule has 0 saturated carbocycles. The summed E-state index contributed by atoms with van der Waals surface area (Å²) in [5.74, 6) is 2.90. The summed E-state index contributed by atoms with van der Waals surface area (Å²) in [6.07, 6.45) is 0. The molecule has 1 aromatic heterocycles. The fourth-order valence-corrected chi connectivity index (χ4v) is 9.30. The Morgan fingerprint density at radius 2 is 0.650 bits per heavy atom. The molecule has 0 saturated heterocycles. The molecule has 0 aliphatic carbocycles. The van der Waals surface area contributed by atoms with Crippen molar-refractivity contribution in [2.75, 3.05) is 14.2 Å². The van der Waals surface area contributed by atoms with Crippen molar-refractivity contribution in [1.82, 2.24) is 15.0 Å². The fraction of sp³-hybridized carbons (Fsp3) is 0.0364. The van der Waals surface area contributed by atoms with Crippen LogP contribution in [0.3, 0.4) is 0 Å². The number of benzene rings is 11. The van der Waals surface area contributed by atoms with E-state index in [1.165, 1.54) is 64.6 Å². The Hall–Kier alpha value is -7.89. The topological polar surface area (TPSA) is 57.1 Å². The van der Waals surface area contributed by atoms with Crippen LogP contribution in [0.5, 0.6) is 11.5 Å². The molecule has 0 spiro atoms. The van der Waals surface area contributed by atoms with Gasteiger partial charge in [-0.1, -0.05) is 127 Å². The quantitative estimate of drug-likeness (QED) is 0.151. The van der Waals surface area contributed by atoms with Crippen molar-refractivity contribution < 1.29 is 9.47 Å². The predicted octanol–water partition coefficient (Wildman–Crippen LogP) is 14.0. The lowest BCUT2D eigenvalue weighted by molar-refractivity contribution is 0.416. The first-order valence-corrected chi connectivity index (χ1v) is 20.1. The van der Waals surface area contributed by atoms with Crippen LogP contribution in [-0.2, 0) is 0 Å². The third-order valence-electron chi connectivity index (χ3n) is 12.1. The molecule has 282 valence electrons. The van der Waals surface area contributed by atoms with E-state index in [0.29, 0.717) is 29.0 Å². The van der Waals surface area contributed by atoms with Gasteiger partial charge in [-0.25, -0.2) is 15.0 Å². The molecular weight excluding hydrogens is 735 g/mol. The first kappa shape index (κ1) is 34.2. The summed E-state index contributed by atoms with van der Waals surface area (Å²) in [5.41, 5.74) is 6.69. The van der Waals surface area contributed by atoms with E-state index in [9.17, 15) is 0 Å². The second kappa shape index (κ2) is 13.3. The first-order valence-electron chi connectivity index (χ1n) is 20.1. The van der Waals surface area contributed by atoms with Gasteiger partial charge in [-0.3, -0.25) is 0 Å². The largest absolute Gasteiger partial charge is 0.496 e. The molecule has 1 heterocycles. The Bertz CT molecular complexity index is 3290. The van der Waals surface area contributed by atoms with E-state index < -0.39 is 0 Å². The standard InChI is InChI=1S/C55H35N3O2/c1-59-47-24-22-37(43-26-39-18-14-32-10-6-11-33-15-19-40(27-43)51(39)49(32)33)30-45(47)54-56-53(36-8-4-3-5-9-36)57-55(58-54)46-31-38(23-25-48(46)60-2)44-28-41-20-16-34-12-7-13-35-17-21-42(29-44)52(41)50(34)35/h3-31H,1-2H3. The predicted molar refractivity (Wildman–Crippen MR) is 248 cm³/mol. The van der Waals surface area contributed by atoms with Crippen LogP contribution in [0.4, 0.5) is 0 Å². The van der Waals surface area contributed by atoms with Crippen molar-refractivity contribution >= 4 is 64.6 Å². The van der Waals surface area contributed by atoms with Crippen LogP contribution in [0, 0.1) is 0 Å². The monoisotopic (exact) mass is 769 g/mol. The average Bonchev–Trinajstić information content (AvgIpc) is 3.32. The lowest BCUT2D eigenvalue weighted by Gasteiger charge is -2.16. The second-order valence-corrected chi connectivity index (χ2v) is 15.5. The van der Waals surface area contributed by atoms with E-state index in [0.717, 1.165) is 38.9 Å². The third-order valence-corrected chi connectivity index (χ3v) is 12.1. The minimum absolute atomic E-state index is 0.505. The number of hydrogen-bond acceptors (Lipinski definition) is 5. The summed E-state index contributed by atoms with van der Waals surface area (Å²) < 4.78 is 12.0. The van der Waals surface area contributed by atoms with Crippen LogP contribution in [0.25, 0.3) is 121 Å². The molecule has 0 atom stereocenters. The molecule has 0 aliphatic heterocycles. The fourth-order valence-electron chi connectivity index (χ4n) is 9.30. The number of rotatable bonds is 7. The van der Waals surface area contributed by atoms with Gasteiger partial charge in [0.05, 0.1) is 25.3 Å². The van der Waals surface area contributed by atoms with Gasteiger partial charge in [-0.2, -0.15) is 0 Å². The Labute approximate surface area is 345 Å². The normalized spacial score (nSPS) is 11.8. The molecule has 0 N–H and O–H groups in total. The van der Waals surface area contributed by atoms with Crippen LogP contribution in [0.15, 0.2) is 176 Å². The van der Waals surface area contributed by atoms with Gasteiger partial charge in [0.15, 0.2) is 17.5 Å². The third kappa shape index (κ3) is 5.36. The zero-order chi connectivity index (χ0) is 39.9. The van der Waals surface area contributed by atoms with Crippen LogP contribution >= 0.6 is 0 Å². The van der Waals surface area contributed by atoms with Gasteiger partial charge in [0.1, 0.15) is 11.5 Å². The lowest BCUT2D eigenvalue weighted by atomic mass is 9.91. The van der Waals surface area contributed by atoms with E-state index in [1.807, 2.05) is 42.5 Å². The Balaban J connectivity index is 1.03. The molecule has 0 fully saturated rings. The summed E-state index contributed by atoms with van der Waals surface area (Å²) in [7, 11) is 3.38. The van der Waals surface area contributed by atoms with Crippen molar-refractivity contribution in [1.29, 1.82) is 0 Å². The van der Waals surface area contributed by atoms with E-state index >= 15 is 0 Å². The average molecular weight is 770 g/mol. The molecule has 0 bridgehead atoms. The maximum atomic E-state index is 6.02. The second-order valence-electron chi connectivity index (χ2n) is 15.5. The first-order chi connectivity index (χ1) is 29.6. The Morgan fingerprint density at radius 1 is 0.283 bits per heavy atom. The van der Waals surface area contributed by atoms with Crippen molar-refractivity contribution in [2.24, 2.45) is 0 Å². The minimum Gasteiger partial charge on any atom is -0.496 e. The minimum atomic E-state index is 0.505. The Kier molecular flexibility index (Phi) is 7.59. The highest BCUT2D eigenvalue weighted by molar-refractivity contribution is 6.25. The number of hydrogen-bond donors (Lipinski definition) is 0. The molecule has 5 heteroatoms. The van der Waals surface area contributed by atoms with Crippen molar-refractivity contribution in [3.63, 3.8) is 0 Å². The number of ether oxygens (including phenoxy) is 2. The maximum absolute atomic E-state index is 6.02. The van der Waals surface area contributed by atoms with Crippen molar-refractivity contribution in [2.45, 2.75) is 0 Å². The maximum Gasteiger partial charge on any atom is 0.167 e. The van der Waals surface area contributed by atoms with E-state index in [4.69, 9.17) is 24.4 Å². The van der Waals surface area contributed by atoms with Gasteiger partial charge < -0.3 is 9.47 Å². The highest BCUT2D eigenvalue weighted by atomic mass is 16.5. The highest BCUT2D eigenvalue weighted by Crippen LogP contribution is 2.42. The van der Waals surface area contributed by atoms with Gasteiger partial charge in [0.2, 0.25) is 0 Å². The zero-order valence-electron chi connectivity index (χ0n) is 32.9. The van der Waals surface area contributed by atoms with Gasteiger partial charge >= 0.3 is 0 Å². The molecule has 5 nitrogen and oxygen atoms in total. The highest BCUT2D eigenvalue weighted by Gasteiger charge is 2.20. The zero-order valence-corrected chi connectivity index (χ0v) is 32.9. The van der Waals surface area contributed by atoms with E-state index in [2.05, 4.69) is 133 Å². The van der Waals surface area contributed by atoms with Crippen LogP contribution < -0.4 is 9.47 Å². The summed E-state index contributed by atoms with van der Waals surface area (Å²) in [4.78, 5) is 15.5. The smallest absolute Gasteiger partial charge is 0.167 e. The summed E-state index contributed by atoms with van der Waals surface area (Å²) >= 11 is 0.